The van der Waals surface area contributed by atoms with Crippen molar-refractivity contribution in [3.05, 3.63) is 29.7 Å². The van der Waals surface area contributed by atoms with Crippen LogP contribution in [0.4, 0.5) is 0 Å². The normalized spacial score (nSPS) is 10.1. The number of rotatable bonds is 4. The molecule has 86 valence electrons. The fourth-order valence-electron chi connectivity index (χ4n) is 1.32. The summed E-state index contributed by atoms with van der Waals surface area (Å²) < 4.78 is 1.23. The average Bonchev–Trinajstić information content (AvgIpc) is 2.83. The number of carboxylic acids is 1. The monoisotopic (exact) mass is 233 g/mol. The first-order chi connectivity index (χ1) is 8.22. The number of hydrogen-bond donors (Lipinski definition) is 1. The Labute approximate surface area is 94.9 Å². The predicted octanol–water partition coefficient (Wildman–Crippen LogP) is -0.503. The maximum absolute atomic E-state index is 11.0. The molecule has 0 saturated heterocycles. The van der Waals surface area contributed by atoms with Gasteiger partial charge in [0.25, 0.3) is 0 Å². The Morgan fingerprint density at radius 3 is 2.94 bits per heavy atom. The maximum Gasteiger partial charge on any atom is 0.336 e. The second kappa shape index (κ2) is 4.47. The van der Waals surface area contributed by atoms with Crippen molar-refractivity contribution in [1.29, 1.82) is 0 Å². The summed E-state index contributed by atoms with van der Waals surface area (Å²) in [4.78, 5) is 25.4. The molecule has 2 heterocycles. The molecule has 0 radical (unpaired) electrons. The van der Waals surface area contributed by atoms with Gasteiger partial charge in [-0.1, -0.05) is 0 Å². The largest absolute Gasteiger partial charge is 0.478 e. The Kier molecular flexibility index (Phi) is 2.86. The van der Waals surface area contributed by atoms with Crippen LogP contribution < -0.4 is 0 Å². The van der Waals surface area contributed by atoms with E-state index in [1.807, 2.05) is 0 Å². The number of carboxylic acid groups (broad SMARTS) is 1. The van der Waals surface area contributed by atoms with Crippen LogP contribution in [-0.4, -0.2) is 42.6 Å². The van der Waals surface area contributed by atoms with Crippen LogP contribution in [0.2, 0.25) is 0 Å². The minimum atomic E-state index is -1.13. The van der Waals surface area contributed by atoms with E-state index in [9.17, 15) is 9.59 Å². The minimum Gasteiger partial charge on any atom is -0.478 e. The van der Waals surface area contributed by atoms with Crippen LogP contribution in [0.5, 0.6) is 0 Å². The maximum atomic E-state index is 11.0. The minimum absolute atomic E-state index is 0.00448. The number of hydrogen-bond acceptors (Lipinski definition) is 6. The third-order valence-electron chi connectivity index (χ3n) is 2.09. The molecule has 17 heavy (non-hydrogen) atoms. The van der Waals surface area contributed by atoms with Gasteiger partial charge >= 0.3 is 5.97 Å². The highest BCUT2D eigenvalue weighted by Crippen LogP contribution is 2.12. The Balaban J connectivity index is 2.49. The van der Waals surface area contributed by atoms with Crippen LogP contribution in [-0.2, 0) is 11.2 Å². The van der Waals surface area contributed by atoms with Crippen LogP contribution in [0, 0.1) is 0 Å². The van der Waals surface area contributed by atoms with Gasteiger partial charge in [0.15, 0.2) is 5.82 Å². The number of carbonyl (C=O) groups excluding carboxylic acids is 1. The van der Waals surface area contributed by atoms with E-state index in [1.54, 1.807) is 0 Å². The summed E-state index contributed by atoms with van der Waals surface area (Å²) in [6.45, 7) is 0. The van der Waals surface area contributed by atoms with E-state index < -0.39 is 5.97 Å². The molecule has 0 aromatic carbocycles. The van der Waals surface area contributed by atoms with Crippen LogP contribution in [0.25, 0.3) is 5.82 Å². The van der Waals surface area contributed by atoms with Crippen molar-refractivity contribution in [2.45, 2.75) is 6.42 Å². The SMILES string of the molecule is O=CCc1cnc(-n2cnnn2)cc1C(=O)O. The van der Waals surface area contributed by atoms with Crippen molar-refractivity contribution in [2.75, 3.05) is 0 Å². The number of tetrazole rings is 1. The second-order valence-electron chi connectivity index (χ2n) is 3.13. The highest BCUT2D eigenvalue weighted by atomic mass is 16.4. The van der Waals surface area contributed by atoms with Crippen molar-refractivity contribution in [3.8, 4) is 5.82 Å². The van der Waals surface area contributed by atoms with Crippen molar-refractivity contribution < 1.29 is 14.7 Å². The van der Waals surface area contributed by atoms with E-state index in [0.29, 0.717) is 11.8 Å². The zero-order chi connectivity index (χ0) is 12.3. The third-order valence-corrected chi connectivity index (χ3v) is 2.09. The molecule has 0 aliphatic carbocycles. The Morgan fingerprint density at radius 1 is 1.53 bits per heavy atom. The van der Waals surface area contributed by atoms with E-state index in [1.165, 1.54) is 23.3 Å². The molecule has 0 bridgehead atoms. The van der Waals surface area contributed by atoms with E-state index in [4.69, 9.17) is 5.11 Å². The molecule has 0 unspecified atom stereocenters. The second-order valence-corrected chi connectivity index (χ2v) is 3.13. The zero-order valence-corrected chi connectivity index (χ0v) is 8.52. The summed E-state index contributed by atoms with van der Waals surface area (Å²) in [5.74, 6) is -0.847. The Morgan fingerprint density at radius 2 is 2.35 bits per heavy atom. The van der Waals surface area contributed by atoms with Gasteiger partial charge in [-0.25, -0.2) is 9.78 Å². The predicted molar refractivity (Wildman–Crippen MR) is 53.7 cm³/mol. The summed E-state index contributed by atoms with van der Waals surface area (Å²) in [5.41, 5.74) is 0.363. The quantitative estimate of drug-likeness (QED) is 0.708. The van der Waals surface area contributed by atoms with Gasteiger partial charge in [-0.3, -0.25) is 0 Å². The smallest absolute Gasteiger partial charge is 0.336 e. The Bertz CT molecular complexity index is 552. The molecule has 0 amide bonds. The first kappa shape index (κ1) is 10.9. The molecule has 2 aromatic rings. The fourth-order valence-corrected chi connectivity index (χ4v) is 1.32. The first-order valence-corrected chi connectivity index (χ1v) is 4.61. The van der Waals surface area contributed by atoms with Gasteiger partial charge in [-0.05, 0) is 22.1 Å². The molecular formula is C9H7N5O3. The topological polar surface area (TPSA) is 111 Å². The van der Waals surface area contributed by atoms with Gasteiger partial charge < -0.3 is 9.90 Å². The Hall–Kier alpha value is -2.64. The van der Waals surface area contributed by atoms with Gasteiger partial charge in [0.2, 0.25) is 0 Å². The molecule has 0 spiro atoms. The van der Waals surface area contributed by atoms with Crippen LogP contribution in [0.1, 0.15) is 15.9 Å². The summed E-state index contributed by atoms with van der Waals surface area (Å²) in [6, 6.07) is 1.32. The molecule has 0 atom stereocenters. The van der Waals surface area contributed by atoms with Crippen LogP contribution in [0.15, 0.2) is 18.6 Å². The number of pyridine rings is 1. The van der Waals surface area contributed by atoms with Gasteiger partial charge in [-0.2, -0.15) is 4.68 Å². The highest BCUT2D eigenvalue weighted by molar-refractivity contribution is 5.90. The van der Waals surface area contributed by atoms with E-state index >= 15 is 0 Å². The molecule has 0 aliphatic heterocycles. The molecule has 2 rings (SSSR count). The summed E-state index contributed by atoms with van der Waals surface area (Å²) in [7, 11) is 0. The van der Waals surface area contributed by atoms with Crippen molar-refractivity contribution in [3.63, 3.8) is 0 Å². The lowest BCUT2D eigenvalue weighted by atomic mass is 10.1. The number of aromatic nitrogens is 5. The third kappa shape index (κ3) is 2.14. The highest BCUT2D eigenvalue weighted by Gasteiger charge is 2.12. The molecule has 8 nitrogen and oxygen atoms in total. The molecule has 0 fully saturated rings. The molecule has 2 aromatic heterocycles. The van der Waals surface area contributed by atoms with Crippen molar-refractivity contribution >= 4 is 12.3 Å². The van der Waals surface area contributed by atoms with Crippen LogP contribution in [0.3, 0.4) is 0 Å². The molecule has 8 heteroatoms. The molecule has 1 N–H and O–H groups in total. The zero-order valence-electron chi connectivity index (χ0n) is 8.52. The average molecular weight is 233 g/mol. The summed E-state index contributed by atoms with van der Waals surface area (Å²) >= 11 is 0. The standard InChI is InChI=1S/C9H7N5O3/c15-2-1-6-4-10-8(3-7(6)9(16)17)14-5-11-12-13-14/h2-5H,1H2,(H,16,17). The molecular weight excluding hydrogens is 226 g/mol. The van der Waals surface area contributed by atoms with Crippen molar-refractivity contribution in [2.24, 2.45) is 0 Å². The fraction of sp³-hybridized carbons (Fsp3) is 0.111. The van der Waals surface area contributed by atoms with Crippen LogP contribution >= 0.6 is 0 Å². The lowest BCUT2D eigenvalue weighted by molar-refractivity contribution is -0.107. The number of aldehydes is 1. The van der Waals surface area contributed by atoms with E-state index in [0.717, 1.165) is 0 Å². The molecule has 0 aliphatic rings. The van der Waals surface area contributed by atoms with Gasteiger partial charge in [0.1, 0.15) is 12.6 Å². The lowest BCUT2D eigenvalue weighted by Crippen LogP contribution is -2.08. The van der Waals surface area contributed by atoms with Crippen molar-refractivity contribution in [1.82, 2.24) is 25.2 Å². The van der Waals surface area contributed by atoms with Gasteiger partial charge in [0.05, 0.1) is 5.56 Å². The number of nitrogens with zero attached hydrogens (tertiary/aromatic N) is 5. The number of carbonyl (C=O) groups is 2. The molecule has 0 saturated carbocycles. The van der Waals surface area contributed by atoms with Gasteiger partial charge in [0, 0.05) is 12.6 Å². The summed E-state index contributed by atoms with van der Waals surface area (Å²) in [5, 5.41) is 19.4. The first-order valence-electron chi connectivity index (χ1n) is 4.61. The van der Waals surface area contributed by atoms with E-state index in [-0.39, 0.29) is 17.8 Å². The summed E-state index contributed by atoms with van der Waals surface area (Å²) in [6.07, 6.45) is 3.26. The lowest BCUT2D eigenvalue weighted by Gasteiger charge is -2.04. The van der Waals surface area contributed by atoms with Gasteiger partial charge in [-0.15, -0.1) is 5.10 Å². The van der Waals surface area contributed by atoms with E-state index in [2.05, 4.69) is 20.5 Å². The number of aromatic carboxylic acids is 1.